The number of fused-ring (bicyclic) bond motifs is 1. The van der Waals surface area contributed by atoms with E-state index in [4.69, 9.17) is 9.47 Å². The van der Waals surface area contributed by atoms with E-state index in [1.807, 2.05) is 42.6 Å². The van der Waals surface area contributed by atoms with Gasteiger partial charge in [0.2, 0.25) is 0 Å². The zero-order chi connectivity index (χ0) is 13.2. The van der Waals surface area contributed by atoms with Gasteiger partial charge in [-0.1, -0.05) is 12.1 Å². The smallest absolute Gasteiger partial charge is 0.189 e. The Morgan fingerprint density at radius 1 is 0.947 bits per heavy atom. The van der Waals surface area contributed by atoms with E-state index in [-0.39, 0.29) is 0 Å². The molecular formula is C14H13N3O2. The topological polar surface area (TPSA) is 48.7 Å². The Bertz CT molecular complexity index is 666. The molecule has 2 heterocycles. The summed E-state index contributed by atoms with van der Waals surface area (Å²) in [5, 5.41) is 4.45. The zero-order valence-corrected chi connectivity index (χ0v) is 10.7. The highest BCUT2D eigenvalue weighted by Gasteiger charge is 2.16. The molecule has 3 rings (SSSR count). The summed E-state index contributed by atoms with van der Waals surface area (Å²) < 4.78 is 12.5. The molecule has 0 aliphatic heterocycles. The number of hydrogen-bond donors (Lipinski definition) is 0. The monoisotopic (exact) mass is 255 g/mol. The lowest BCUT2D eigenvalue weighted by molar-refractivity contribution is 0.397. The van der Waals surface area contributed by atoms with Gasteiger partial charge in [0, 0.05) is 6.20 Å². The number of aromatic nitrogens is 3. The van der Waals surface area contributed by atoms with E-state index in [0.29, 0.717) is 17.3 Å². The summed E-state index contributed by atoms with van der Waals surface area (Å²) in [6.45, 7) is 0. The number of pyridine rings is 1. The zero-order valence-electron chi connectivity index (χ0n) is 10.7. The van der Waals surface area contributed by atoms with Gasteiger partial charge >= 0.3 is 0 Å². The van der Waals surface area contributed by atoms with Crippen LogP contribution >= 0.6 is 0 Å². The van der Waals surface area contributed by atoms with Gasteiger partial charge < -0.3 is 9.47 Å². The average Bonchev–Trinajstić information content (AvgIpc) is 2.89. The van der Waals surface area contributed by atoms with Gasteiger partial charge in [-0.3, -0.25) is 0 Å². The first kappa shape index (κ1) is 11.5. The molecule has 0 aliphatic carbocycles. The summed E-state index contributed by atoms with van der Waals surface area (Å²) in [5.41, 5.74) is 1.54. The molecular weight excluding hydrogens is 242 g/mol. The van der Waals surface area contributed by atoms with Crippen LogP contribution in [-0.2, 0) is 0 Å². The highest BCUT2D eigenvalue weighted by molar-refractivity contribution is 5.72. The Hall–Kier alpha value is -2.56. The van der Waals surface area contributed by atoms with Gasteiger partial charge in [-0.15, -0.1) is 5.10 Å². The summed E-state index contributed by atoms with van der Waals surface area (Å²) in [6.07, 6.45) is 1.85. The lowest BCUT2D eigenvalue weighted by atomic mass is 10.1. The number of ether oxygens (including phenoxy) is 2. The quantitative estimate of drug-likeness (QED) is 0.721. The molecule has 3 aromatic rings. The Morgan fingerprint density at radius 3 is 2.32 bits per heavy atom. The minimum atomic E-state index is 0.584. The van der Waals surface area contributed by atoms with E-state index >= 15 is 0 Å². The van der Waals surface area contributed by atoms with Crippen molar-refractivity contribution in [3.05, 3.63) is 42.6 Å². The molecule has 0 fully saturated rings. The van der Waals surface area contributed by atoms with Gasteiger partial charge in [-0.25, -0.2) is 9.50 Å². The van der Waals surface area contributed by atoms with Crippen LogP contribution in [0.25, 0.3) is 17.0 Å². The van der Waals surface area contributed by atoms with Gasteiger partial charge in [0.1, 0.15) is 17.1 Å². The second kappa shape index (κ2) is 4.61. The molecule has 0 atom stereocenters. The van der Waals surface area contributed by atoms with Crippen molar-refractivity contribution in [1.82, 2.24) is 14.6 Å². The van der Waals surface area contributed by atoms with Crippen molar-refractivity contribution < 1.29 is 9.47 Å². The molecule has 5 heteroatoms. The van der Waals surface area contributed by atoms with Crippen LogP contribution in [0.5, 0.6) is 11.5 Å². The summed E-state index contributed by atoms with van der Waals surface area (Å²) >= 11 is 0. The van der Waals surface area contributed by atoms with Crippen LogP contribution < -0.4 is 9.47 Å². The first-order chi connectivity index (χ1) is 9.33. The minimum Gasteiger partial charge on any atom is -0.496 e. The number of hydrogen-bond acceptors (Lipinski definition) is 4. The van der Waals surface area contributed by atoms with Crippen LogP contribution in [0.1, 0.15) is 0 Å². The summed E-state index contributed by atoms with van der Waals surface area (Å²) in [5.74, 6) is 1.96. The van der Waals surface area contributed by atoms with Gasteiger partial charge in [0.05, 0.1) is 14.2 Å². The number of methoxy groups -OCH3 is 2. The van der Waals surface area contributed by atoms with Crippen molar-refractivity contribution in [2.75, 3.05) is 14.2 Å². The molecule has 0 bridgehead atoms. The second-order valence-corrected chi connectivity index (χ2v) is 3.98. The molecule has 19 heavy (non-hydrogen) atoms. The highest BCUT2D eigenvalue weighted by Crippen LogP contribution is 2.36. The lowest BCUT2D eigenvalue weighted by Crippen LogP contribution is -1.94. The Morgan fingerprint density at radius 2 is 1.68 bits per heavy atom. The number of rotatable bonds is 3. The van der Waals surface area contributed by atoms with Crippen LogP contribution in [0.15, 0.2) is 42.6 Å². The van der Waals surface area contributed by atoms with Gasteiger partial charge in [-0.05, 0) is 24.3 Å². The third-order valence-corrected chi connectivity index (χ3v) is 2.89. The molecule has 0 N–H and O–H groups in total. The largest absolute Gasteiger partial charge is 0.496 e. The predicted molar refractivity (Wildman–Crippen MR) is 71.5 cm³/mol. The third-order valence-electron chi connectivity index (χ3n) is 2.89. The van der Waals surface area contributed by atoms with E-state index in [2.05, 4.69) is 10.1 Å². The van der Waals surface area contributed by atoms with E-state index in [1.165, 1.54) is 0 Å². The Labute approximate surface area is 110 Å². The van der Waals surface area contributed by atoms with Crippen molar-refractivity contribution in [2.45, 2.75) is 0 Å². The molecule has 96 valence electrons. The summed E-state index contributed by atoms with van der Waals surface area (Å²) in [6, 6.07) is 11.3. The average molecular weight is 255 g/mol. The fourth-order valence-corrected chi connectivity index (χ4v) is 2.01. The summed E-state index contributed by atoms with van der Waals surface area (Å²) in [7, 11) is 3.24. The van der Waals surface area contributed by atoms with Gasteiger partial charge in [-0.2, -0.15) is 0 Å². The maximum absolute atomic E-state index is 5.37. The normalized spacial score (nSPS) is 10.6. The number of nitrogens with zero attached hydrogens (tertiary/aromatic N) is 3. The summed E-state index contributed by atoms with van der Waals surface area (Å²) in [4.78, 5) is 4.49. The van der Waals surface area contributed by atoms with E-state index in [9.17, 15) is 0 Å². The van der Waals surface area contributed by atoms with Crippen LogP contribution in [0, 0.1) is 0 Å². The Kier molecular flexibility index (Phi) is 2.79. The SMILES string of the molecule is COc1cccc(OC)c1-c1nc2ccccn2n1. The maximum Gasteiger partial charge on any atom is 0.189 e. The fourth-order valence-electron chi connectivity index (χ4n) is 2.01. The highest BCUT2D eigenvalue weighted by atomic mass is 16.5. The number of benzene rings is 1. The predicted octanol–water partition coefficient (Wildman–Crippen LogP) is 2.41. The molecule has 0 unspecified atom stereocenters. The standard InChI is InChI=1S/C14H13N3O2/c1-18-10-6-5-7-11(19-2)13(10)14-15-12-8-3-4-9-17(12)16-14/h3-9H,1-2H3. The van der Waals surface area contributed by atoms with E-state index < -0.39 is 0 Å². The molecule has 0 radical (unpaired) electrons. The molecule has 1 aromatic carbocycles. The van der Waals surface area contributed by atoms with Crippen LogP contribution in [0.4, 0.5) is 0 Å². The van der Waals surface area contributed by atoms with Crippen LogP contribution in [0.2, 0.25) is 0 Å². The molecule has 5 nitrogen and oxygen atoms in total. The maximum atomic E-state index is 5.37. The van der Waals surface area contributed by atoms with Crippen molar-refractivity contribution in [3.8, 4) is 22.9 Å². The third kappa shape index (κ3) is 1.89. The first-order valence-corrected chi connectivity index (χ1v) is 5.86. The van der Waals surface area contributed by atoms with Crippen molar-refractivity contribution in [1.29, 1.82) is 0 Å². The van der Waals surface area contributed by atoms with E-state index in [0.717, 1.165) is 11.2 Å². The van der Waals surface area contributed by atoms with Gasteiger partial charge in [0.15, 0.2) is 11.5 Å². The van der Waals surface area contributed by atoms with E-state index in [1.54, 1.807) is 18.7 Å². The molecule has 0 saturated heterocycles. The van der Waals surface area contributed by atoms with Gasteiger partial charge in [0.25, 0.3) is 0 Å². The molecule has 0 spiro atoms. The van der Waals surface area contributed by atoms with Crippen LogP contribution in [-0.4, -0.2) is 28.8 Å². The second-order valence-electron chi connectivity index (χ2n) is 3.98. The molecule has 0 aliphatic rings. The Balaban J connectivity index is 2.25. The minimum absolute atomic E-state index is 0.584. The van der Waals surface area contributed by atoms with Crippen molar-refractivity contribution in [3.63, 3.8) is 0 Å². The molecule has 0 amide bonds. The lowest BCUT2D eigenvalue weighted by Gasteiger charge is -2.09. The molecule has 2 aromatic heterocycles. The first-order valence-electron chi connectivity index (χ1n) is 5.86. The molecule has 0 saturated carbocycles. The van der Waals surface area contributed by atoms with Crippen LogP contribution in [0.3, 0.4) is 0 Å². The van der Waals surface area contributed by atoms with Crippen molar-refractivity contribution >= 4 is 5.65 Å². The fraction of sp³-hybridized carbons (Fsp3) is 0.143. The van der Waals surface area contributed by atoms with Crippen molar-refractivity contribution in [2.24, 2.45) is 0 Å².